The van der Waals surface area contributed by atoms with Crippen LogP contribution in [0.2, 0.25) is 0 Å². The van der Waals surface area contributed by atoms with Gasteiger partial charge in [0.25, 0.3) is 11.8 Å². The molecule has 2 heterocycles. The van der Waals surface area contributed by atoms with Crippen LogP contribution in [-0.2, 0) is 11.3 Å². The minimum Gasteiger partial charge on any atom is -0.466 e. The maximum Gasteiger partial charge on any atom is 0.338 e. The number of halogens is 1. The lowest BCUT2D eigenvalue weighted by Gasteiger charge is -2.03. The minimum absolute atomic E-state index is 0.124. The highest BCUT2D eigenvalue weighted by Crippen LogP contribution is 2.25. The number of aryl methyl sites for hydroxylation is 3. The lowest BCUT2D eigenvalue weighted by molar-refractivity contribution is 0.0438. The Bertz CT molecular complexity index is 898. The number of esters is 1. The number of ether oxygens (including phenoxy) is 1. The number of furan rings is 1. The van der Waals surface area contributed by atoms with Crippen molar-refractivity contribution in [3.05, 3.63) is 58.6 Å². The number of aromatic nitrogens is 2. The molecule has 0 saturated carbocycles. The Balaban J connectivity index is 1.68. The predicted octanol–water partition coefficient (Wildman–Crippen LogP) is 3.75. The molecule has 0 spiro atoms. The van der Waals surface area contributed by atoms with Gasteiger partial charge in [-0.05, 0) is 44.5 Å². The highest BCUT2D eigenvalue weighted by molar-refractivity contribution is 5.89. The number of nitrogens with zero attached hydrogens (tertiary/aromatic N) is 2. The Morgan fingerprint density at radius 3 is 2.62 bits per heavy atom. The molecule has 24 heavy (non-hydrogen) atoms. The van der Waals surface area contributed by atoms with Crippen LogP contribution in [0.25, 0.3) is 11.5 Å². The quantitative estimate of drug-likeness (QED) is 0.678. The summed E-state index contributed by atoms with van der Waals surface area (Å²) in [6.07, 6.45) is 0. The van der Waals surface area contributed by atoms with Crippen molar-refractivity contribution in [2.45, 2.75) is 27.4 Å². The molecule has 0 radical (unpaired) electrons. The van der Waals surface area contributed by atoms with Gasteiger partial charge in [0.1, 0.15) is 17.3 Å². The molecule has 0 atom stereocenters. The molecular weight excluding hydrogens is 315 g/mol. The molecule has 0 amide bonds. The highest BCUT2D eigenvalue weighted by atomic mass is 19.1. The fraction of sp³-hybridized carbons (Fsp3) is 0.235. The van der Waals surface area contributed by atoms with E-state index in [4.69, 9.17) is 13.6 Å². The fourth-order valence-electron chi connectivity index (χ4n) is 2.19. The minimum atomic E-state index is -0.663. The van der Waals surface area contributed by atoms with Crippen molar-refractivity contribution in [2.75, 3.05) is 0 Å². The van der Waals surface area contributed by atoms with E-state index >= 15 is 0 Å². The first-order valence-electron chi connectivity index (χ1n) is 7.27. The van der Waals surface area contributed by atoms with Gasteiger partial charge in [-0.25, -0.2) is 9.18 Å². The normalized spacial score (nSPS) is 10.8. The largest absolute Gasteiger partial charge is 0.466 e. The first-order chi connectivity index (χ1) is 11.4. The van der Waals surface area contributed by atoms with Crippen molar-refractivity contribution >= 4 is 5.97 Å². The molecule has 1 aromatic carbocycles. The average molecular weight is 330 g/mol. The van der Waals surface area contributed by atoms with Gasteiger partial charge in [-0.1, -0.05) is 6.07 Å². The third-order valence-corrected chi connectivity index (χ3v) is 3.47. The van der Waals surface area contributed by atoms with Crippen LogP contribution >= 0.6 is 0 Å². The molecule has 6 nitrogen and oxygen atoms in total. The molecule has 0 bridgehead atoms. The van der Waals surface area contributed by atoms with Gasteiger partial charge in [0.2, 0.25) is 0 Å². The SMILES string of the molecule is Cc1cc(-c2nnc(COC(=O)c3ccc(C)c(F)c3)o2)c(C)o1. The Labute approximate surface area is 137 Å². The monoisotopic (exact) mass is 330 g/mol. The summed E-state index contributed by atoms with van der Waals surface area (Å²) in [6, 6.07) is 5.93. The molecular formula is C17H15FN2O4. The maximum atomic E-state index is 13.5. The van der Waals surface area contributed by atoms with Gasteiger partial charge in [0.05, 0.1) is 11.1 Å². The number of rotatable bonds is 4. The van der Waals surface area contributed by atoms with Crippen molar-refractivity contribution in [3.8, 4) is 11.5 Å². The highest BCUT2D eigenvalue weighted by Gasteiger charge is 2.16. The molecule has 0 aliphatic rings. The molecule has 0 unspecified atom stereocenters. The molecule has 7 heteroatoms. The lowest BCUT2D eigenvalue weighted by atomic mass is 10.1. The van der Waals surface area contributed by atoms with E-state index in [1.165, 1.54) is 12.1 Å². The van der Waals surface area contributed by atoms with Gasteiger partial charge in [0, 0.05) is 0 Å². The van der Waals surface area contributed by atoms with Crippen LogP contribution in [0.5, 0.6) is 0 Å². The van der Waals surface area contributed by atoms with E-state index in [1.807, 2.05) is 6.92 Å². The first kappa shape index (κ1) is 15.9. The summed E-state index contributed by atoms with van der Waals surface area (Å²) in [7, 11) is 0. The summed E-state index contributed by atoms with van der Waals surface area (Å²) in [5.74, 6) is 0.699. The Morgan fingerprint density at radius 2 is 1.96 bits per heavy atom. The fourth-order valence-corrected chi connectivity index (χ4v) is 2.19. The van der Waals surface area contributed by atoms with Crippen LogP contribution < -0.4 is 0 Å². The number of benzene rings is 1. The Hall–Kier alpha value is -2.96. The number of carbonyl (C=O) groups is 1. The summed E-state index contributed by atoms with van der Waals surface area (Å²) < 4.78 is 29.4. The zero-order chi connectivity index (χ0) is 17.3. The van der Waals surface area contributed by atoms with Crippen LogP contribution in [-0.4, -0.2) is 16.2 Å². The lowest BCUT2D eigenvalue weighted by Crippen LogP contribution is -2.06. The van der Waals surface area contributed by atoms with Crippen LogP contribution in [0, 0.1) is 26.6 Å². The van der Waals surface area contributed by atoms with Crippen LogP contribution in [0.15, 0.2) is 33.1 Å². The van der Waals surface area contributed by atoms with E-state index in [0.29, 0.717) is 16.9 Å². The average Bonchev–Trinajstić information content (AvgIpc) is 3.13. The smallest absolute Gasteiger partial charge is 0.338 e. The van der Waals surface area contributed by atoms with Gasteiger partial charge in [-0.3, -0.25) is 0 Å². The van der Waals surface area contributed by atoms with E-state index in [-0.39, 0.29) is 24.0 Å². The second kappa shape index (κ2) is 6.27. The number of hydrogen-bond donors (Lipinski definition) is 0. The molecule has 3 aromatic rings. The van der Waals surface area contributed by atoms with E-state index in [9.17, 15) is 9.18 Å². The zero-order valence-corrected chi connectivity index (χ0v) is 13.4. The third kappa shape index (κ3) is 3.19. The van der Waals surface area contributed by atoms with Gasteiger partial charge in [0.15, 0.2) is 6.61 Å². The second-order valence-corrected chi connectivity index (χ2v) is 5.37. The molecule has 3 rings (SSSR count). The topological polar surface area (TPSA) is 78.4 Å². The van der Waals surface area contributed by atoms with Gasteiger partial charge >= 0.3 is 5.97 Å². The Morgan fingerprint density at radius 1 is 1.17 bits per heavy atom. The molecule has 0 saturated heterocycles. The Kier molecular flexibility index (Phi) is 4.16. The molecule has 0 fully saturated rings. The van der Waals surface area contributed by atoms with E-state index in [0.717, 1.165) is 11.8 Å². The molecule has 124 valence electrons. The van der Waals surface area contributed by atoms with Gasteiger partial charge < -0.3 is 13.6 Å². The van der Waals surface area contributed by atoms with Crippen LogP contribution in [0.1, 0.15) is 33.3 Å². The van der Waals surface area contributed by atoms with E-state index in [2.05, 4.69) is 10.2 Å². The van der Waals surface area contributed by atoms with Crippen molar-refractivity contribution < 1.29 is 22.8 Å². The van der Waals surface area contributed by atoms with E-state index in [1.54, 1.807) is 19.9 Å². The van der Waals surface area contributed by atoms with Crippen molar-refractivity contribution in [1.82, 2.24) is 10.2 Å². The van der Waals surface area contributed by atoms with Crippen molar-refractivity contribution in [1.29, 1.82) is 0 Å². The molecule has 0 aliphatic carbocycles. The summed E-state index contributed by atoms with van der Waals surface area (Å²) in [5, 5.41) is 7.74. The van der Waals surface area contributed by atoms with Gasteiger partial charge in [-0.2, -0.15) is 0 Å². The summed E-state index contributed by atoms with van der Waals surface area (Å²) in [4.78, 5) is 11.9. The molecule has 0 N–H and O–H groups in total. The number of carbonyl (C=O) groups excluding carboxylic acids is 1. The summed E-state index contributed by atoms with van der Waals surface area (Å²) in [5.41, 5.74) is 1.27. The summed E-state index contributed by atoms with van der Waals surface area (Å²) in [6.45, 7) is 5.02. The summed E-state index contributed by atoms with van der Waals surface area (Å²) >= 11 is 0. The zero-order valence-electron chi connectivity index (χ0n) is 13.4. The second-order valence-electron chi connectivity index (χ2n) is 5.37. The predicted molar refractivity (Wildman–Crippen MR) is 81.7 cm³/mol. The van der Waals surface area contributed by atoms with Crippen molar-refractivity contribution in [3.63, 3.8) is 0 Å². The first-order valence-corrected chi connectivity index (χ1v) is 7.27. The van der Waals surface area contributed by atoms with E-state index < -0.39 is 11.8 Å². The molecule has 2 aromatic heterocycles. The maximum absolute atomic E-state index is 13.5. The van der Waals surface area contributed by atoms with Crippen LogP contribution in [0.4, 0.5) is 4.39 Å². The van der Waals surface area contributed by atoms with Gasteiger partial charge in [-0.15, -0.1) is 10.2 Å². The van der Waals surface area contributed by atoms with Crippen LogP contribution in [0.3, 0.4) is 0 Å². The molecule has 0 aliphatic heterocycles. The standard InChI is InChI=1S/C17H15FN2O4/c1-9-4-5-12(7-14(9)18)17(21)22-8-15-19-20-16(24-15)13-6-10(2)23-11(13)3/h4-7H,8H2,1-3H3. The number of hydrogen-bond acceptors (Lipinski definition) is 6. The van der Waals surface area contributed by atoms with Crippen molar-refractivity contribution in [2.24, 2.45) is 0 Å². The third-order valence-electron chi connectivity index (χ3n) is 3.47.